The molecule has 30 heavy (non-hydrogen) atoms. The fourth-order valence-electron chi connectivity index (χ4n) is 3.93. The molecule has 7 nitrogen and oxygen atoms in total. The predicted molar refractivity (Wildman–Crippen MR) is 114 cm³/mol. The summed E-state index contributed by atoms with van der Waals surface area (Å²) in [6.07, 6.45) is 2.08. The van der Waals surface area contributed by atoms with Crippen LogP contribution in [0.2, 0.25) is 0 Å². The first-order valence-electron chi connectivity index (χ1n) is 10.5. The van der Waals surface area contributed by atoms with Crippen LogP contribution in [0.4, 0.5) is 5.82 Å². The fourth-order valence-corrected chi connectivity index (χ4v) is 3.93. The van der Waals surface area contributed by atoms with Crippen molar-refractivity contribution < 1.29 is 19.0 Å². The molecule has 1 aromatic carbocycles. The Morgan fingerprint density at radius 2 is 1.93 bits per heavy atom. The number of nitrogens with one attached hydrogen (secondary N) is 1. The van der Waals surface area contributed by atoms with Gasteiger partial charge in [-0.05, 0) is 36.2 Å². The number of aryl methyl sites for hydroxylation is 1. The molecular weight excluding hydrogens is 382 g/mol. The number of ether oxygens (including phenoxy) is 3. The van der Waals surface area contributed by atoms with E-state index in [1.807, 2.05) is 37.3 Å². The van der Waals surface area contributed by atoms with Crippen molar-refractivity contribution in [1.82, 2.24) is 10.3 Å². The van der Waals surface area contributed by atoms with Gasteiger partial charge in [-0.2, -0.15) is 0 Å². The third-order valence-corrected chi connectivity index (χ3v) is 5.59. The average molecular weight is 412 g/mol. The zero-order valence-corrected chi connectivity index (χ0v) is 17.6. The van der Waals surface area contributed by atoms with Gasteiger partial charge in [-0.15, -0.1) is 0 Å². The molecule has 0 unspecified atom stereocenters. The van der Waals surface area contributed by atoms with E-state index in [2.05, 4.69) is 10.2 Å². The summed E-state index contributed by atoms with van der Waals surface area (Å²) in [5.41, 5.74) is 3.74. The van der Waals surface area contributed by atoms with E-state index in [9.17, 15) is 4.79 Å². The number of piperidine rings is 1. The molecule has 4 rings (SSSR count). The van der Waals surface area contributed by atoms with Crippen molar-refractivity contribution in [3.63, 3.8) is 0 Å². The summed E-state index contributed by atoms with van der Waals surface area (Å²) in [5, 5.41) is 2.84. The molecule has 1 saturated heterocycles. The molecule has 160 valence electrons. The van der Waals surface area contributed by atoms with Gasteiger partial charge < -0.3 is 24.4 Å². The highest BCUT2D eigenvalue weighted by Gasteiger charge is 2.26. The van der Waals surface area contributed by atoms with Crippen LogP contribution in [0.25, 0.3) is 0 Å². The Hall–Kier alpha value is -2.64. The van der Waals surface area contributed by atoms with E-state index in [-0.39, 0.29) is 12.0 Å². The Bertz CT molecular complexity index is 877. The first-order chi connectivity index (χ1) is 14.6. The fraction of sp³-hybridized carbons (Fsp3) is 0.478. The molecule has 0 aliphatic carbocycles. The molecule has 2 aliphatic heterocycles. The van der Waals surface area contributed by atoms with E-state index in [0.717, 1.165) is 54.3 Å². The highest BCUT2D eigenvalue weighted by atomic mass is 16.5. The maximum Gasteiger partial charge on any atom is 0.253 e. The second kappa shape index (κ2) is 9.45. The van der Waals surface area contributed by atoms with Gasteiger partial charge >= 0.3 is 0 Å². The van der Waals surface area contributed by atoms with E-state index >= 15 is 0 Å². The van der Waals surface area contributed by atoms with E-state index in [1.165, 1.54) is 0 Å². The van der Waals surface area contributed by atoms with Gasteiger partial charge in [0.15, 0.2) is 0 Å². The summed E-state index contributed by atoms with van der Waals surface area (Å²) in [6.45, 7) is 6.12. The lowest BCUT2D eigenvalue weighted by atomic mass is 10.1. The molecule has 3 heterocycles. The lowest BCUT2D eigenvalue weighted by Gasteiger charge is -2.34. The largest absolute Gasteiger partial charge is 0.490 e. The summed E-state index contributed by atoms with van der Waals surface area (Å²) in [7, 11) is 1.67. The first-order valence-corrected chi connectivity index (χ1v) is 10.5. The number of benzene rings is 1. The van der Waals surface area contributed by atoms with Crippen LogP contribution in [0.5, 0.6) is 5.75 Å². The van der Waals surface area contributed by atoms with Crippen molar-refractivity contribution in [3.05, 3.63) is 52.7 Å². The minimum absolute atomic E-state index is 0.0215. The lowest BCUT2D eigenvalue weighted by Crippen LogP contribution is -2.39. The first kappa shape index (κ1) is 20.6. The second-order valence-electron chi connectivity index (χ2n) is 7.80. The van der Waals surface area contributed by atoms with E-state index in [1.54, 1.807) is 7.11 Å². The van der Waals surface area contributed by atoms with Crippen molar-refractivity contribution in [2.75, 3.05) is 38.3 Å². The van der Waals surface area contributed by atoms with Crippen LogP contribution in [0.3, 0.4) is 0 Å². The Labute approximate surface area is 177 Å². The van der Waals surface area contributed by atoms with Crippen LogP contribution in [0, 0.1) is 6.92 Å². The number of hydrogen-bond acceptors (Lipinski definition) is 6. The molecule has 7 heteroatoms. The molecule has 1 aromatic heterocycles. The van der Waals surface area contributed by atoms with Crippen LogP contribution in [-0.4, -0.2) is 50.4 Å². The molecule has 0 saturated carbocycles. The quantitative estimate of drug-likeness (QED) is 0.674. The number of amides is 1. The van der Waals surface area contributed by atoms with Crippen molar-refractivity contribution in [1.29, 1.82) is 0 Å². The Kier molecular flexibility index (Phi) is 6.50. The molecule has 2 aromatic rings. The number of hydrogen-bond donors (Lipinski definition) is 1. The molecule has 0 bridgehead atoms. The number of aromatic nitrogens is 1. The number of carbonyl (C=O) groups is 1. The minimum Gasteiger partial charge on any atom is -0.490 e. The third kappa shape index (κ3) is 4.74. The van der Waals surface area contributed by atoms with Crippen molar-refractivity contribution in [2.45, 2.75) is 39.0 Å². The summed E-state index contributed by atoms with van der Waals surface area (Å²) in [4.78, 5) is 18.9. The van der Waals surface area contributed by atoms with E-state index in [0.29, 0.717) is 31.9 Å². The Morgan fingerprint density at radius 3 is 2.67 bits per heavy atom. The van der Waals surface area contributed by atoms with Gasteiger partial charge in [0.25, 0.3) is 5.91 Å². The number of nitrogens with zero attached hydrogens (tertiary/aromatic N) is 2. The van der Waals surface area contributed by atoms with Crippen molar-refractivity contribution in [3.8, 4) is 5.75 Å². The monoisotopic (exact) mass is 411 g/mol. The summed E-state index contributed by atoms with van der Waals surface area (Å²) in [5.74, 6) is 1.86. The van der Waals surface area contributed by atoms with Gasteiger partial charge in [0.05, 0.1) is 37.6 Å². The average Bonchev–Trinajstić information content (AvgIpc) is 3.12. The summed E-state index contributed by atoms with van der Waals surface area (Å²) < 4.78 is 16.7. The van der Waals surface area contributed by atoms with Crippen molar-refractivity contribution >= 4 is 11.7 Å². The molecule has 1 N–H and O–H groups in total. The van der Waals surface area contributed by atoms with Gasteiger partial charge in [0.2, 0.25) is 0 Å². The van der Waals surface area contributed by atoms with E-state index in [4.69, 9.17) is 19.2 Å². The van der Waals surface area contributed by atoms with Crippen LogP contribution in [-0.2, 0) is 22.6 Å². The number of methoxy groups -OCH3 is 1. The summed E-state index contributed by atoms with van der Waals surface area (Å²) >= 11 is 0. The number of rotatable bonds is 8. The normalized spacial score (nSPS) is 16.5. The Balaban J connectivity index is 1.28. The zero-order chi connectivity index (χ0) is 20.9. The standard InChI is InChI=1S/C23H29N3O4/c1-16-13-20-21(14-24-23(20)27)25-22(16)26-9-7-19(8-10-26)30-18-5-3-17(4-6-18)15-29-12-11-28-2/h3-6,13,19H,7-12,14-15H2,1-2H3,(H,24,27). The topological polar surface area (TPSA) is 72.9 Å². The van der Waals surface area contributed by atoms with Crippen LogP contribution >= 0.6 is 0 Å². The van der Waals surface area contributed by atoms with Gasteiger partial charge in [0, 0.05) is 33.0 Å². The highest BCUT2D eigenvalue weighted by molar-refractivity contribution is 5.98. The smallest absolute Gasteiger partial charge is 0.253 e. The second-order valence-corrected chi connectivity index (χ2v) is 7.80. The molecule has 2 aliphatic rings. The van der Waals surface area contributed by atoms with E-state index < -0.39 is 0 Å². The highest BCUT2D eigenvalue weighted by Crippen LogP contribution is 2.27. The number of fused-ring (bicyclic) bond motifs is 1. The third-order valence-electron chi connectivity index (χ3n) is 5.59. The number of pyridine rings is 1. The molecule has 0 spiro atoms. The maximum atomic E-state index is 11.8. The van der Waals surface area contributed by atoms with Gasteiger partial charge in [0.1, 0.15) is 17.7 Å². The van der Waals surface area contributed by atoms with Gasteiger partial charge in [-0.25, -0.2) is 4.98 Å². The molecule has 1 fully saturated rings. The number of anilines is 1. The predicted octanol–water partition coefficient (Wildman–Crippen LogP) is 2.84. The zero-order valence-electron chi connectivity index (χ0n) is 17.6. The van der Waals surface area contributed by atoms with Crippen LogP contribution in [0.1, 0.15) is 40.0 Å². The molecule has 1 amide bonds. The van der Waals surface area contributed by atoms with Crippen LogP contribution in [0.15, 0.2) is 30.3 Å². The maximum absolute atomic E-state index is 11.8. The molecule has 0 atom stereocenters. The molecule has 0 radical (unpaired) electrons. The van der Waals surface area contributed by atoms with Gasteiger partial charge in [-0.1, -0.05) is 12.1 Å². The van der Waals surface area contributed by atoms with Gasteiger partial charge in [-0.3, -0.25) is 4.79 Å². The van der Waals surface area contributed by atoms with Crippen LogP contribution < -0.4 is 15.0 Å². The Morgan fingerprint density at radius 1 is 1.17 bits per heavy atom. The van der Waals surface area contributed by atoms with Crippen molar-refractivity contribution in [2.24, 2.45) is 0 Å². The lowest BCUT2D eigenvalue weighted by molar-refractivity contribution is 0.0616. The number of carbonyl (C=O) groups excluding carboxylic acids is 1. The summed E-state index contributed by atoms with van der Waals surface area (Å²) in [6, 6.07) is 10.1. The minimum atomic E-state index is -0.0215. The SMILES string of the molecule is COCCOCc1ccc(OC2CCN(c3nc4c(cc3C)C(=O)NC4)CC2)cc1. The molecular formula is C23H29N3O4.